The van der Waals surface area contributed by atoms with E-state index in [9.17, 15) is 4.79 Å². The van der Waals surface area contributed by atoms with Gasteiger partial charge in [0.25, 0.3) is 0 Å². The Hall–Kier alpha value is -2.59. The van der Waals surface area contributed by atoms with Crippen molar-refractivity contribution in [2.45, 2.75) is 25.7 Å². The number of unbranched alkanes of at least 4 members (excludes halogenated alkanes) is 1. The normalized spacial score (nSPS) is 17.3. The standard InChI is InChI=1S/C25H31NO3/c1-28-25(27)23-13-9-18-26(20-23)17-7-8-19-29-24-14-6-5-12-22(24)16-15-21-10-3-2-4-11-21/h2-6,10-12,14-16,23H,7-9,13,17-20H2,1H3/b16-15+. The van der Waals surface area contributed by atoms with E-state index < -0.39 is 0 Å². The van der Waals surface area contributed by atoms with Crippen molar-refractivity contribution in [1.29, 1.82) is 0 Å². The molecule has 0 radical (unpaired) electrons. The van der Waals surface area contributed by atoms with Gasteiger partial charge < -0.3 is 14.4 Å². The third-order valence-corrected chi connectivity index (χ3v) is 5.34. The van der Waals surface area contributed by atoms with Gasteiger partial charge >= 0.3 is 5.97 Å². The molecule has 0 saturated carbocycles. The second kappa shape index (κ2) is 11.4. The van der Waals surface area contributed by atoms with Gasteiger partial charge in [0.2, 0.25) is 0 Å². The minimum Gasteiger partial charge on any atom is -0.493 e. The number of hydrogen-bond donors (Lipinski definition) is 0. The molecule has 4 nitrogen and oxygen atoms in total. The number of likely N-dealkylation sites (tertiary alicyclic amines) is 1. The largest absolute Gasteiger partial charge is 0.493 e. The zero-order valence-corrected chi connectivity index (χ0v) is 17.3. The number of esters is 1. The van der Waals surface area contributed by atoms with Crippen molar-refractivity contribution in [2.75, 3.05) is 33.4 Å². The summed E-state index contributed by atoms with van der Waals surface area (Å²) in [4.78, 5) is 14.1. The molecule has 0 aliphatic carbocycles. The van der Waals surface area contributed by atoms with E-state index in [1.807, 2.05) is 36.4 Å². The van der Waals surface area contributed by atoms with Gasteiger partial charge in [-0.05, 0) is 50.4 Å². The number of piperidine rings is 1. The summed E-state index contributed by atoms with van der Waals surface area (Å²) < 4.78 is 10.9. The van der Waals surface area contributed by atoms with E-state index >= 15 is 0 Å². The minimum atomic E-state index is -0.0711. The van der Waals surface area contributed by atoms with Crippen LogP contribution in [0.5, 0.6) is 5.75 Å². The SMILES string of the molecule is COC(=O)C1CCCN(CCCCOc2ccccc2/C=C/c2ccccc2)C1. The highest BCUT2D eigenvalue weighted by atomic mass is 16.5. The second-order valence-corrected chi connectivity index (χ2v) is 7.50. The summed E-state index contributed by atoms with van der Waals surface area (Å²) in [6.07, 6.45) is 8.28. The van der Waals surface area contributed by atoms with E-state index in [4.69, 9.17) is 9.47 Å². The monoisotopic (exact) mass is 393 g/mol. The first-order valence-electron chi connectivity index (χ1n) is 10.5. The summed E-state index contributed by atoms with van der Waals surface area (Å²) in [7, 11) is 1.48. The van der Waals surface area contributed by atoms with Crippen molar-refractivity contribution in [3.05, 3.63) is 65.7 Å². The van der Waals surface area contributed by atoms with Gasteiger partial charge in [-0.1, -0.05) is 60.7 Å². The lowest BCUT2D eigenvalue weighted by Crippen LogP contribution is -2.39. The molecular weight excluding hydrogens is 362 g/mol. The highest BCUT2D eigenvalue weighted by Gasteiger charge is 2.25. The van der Waals surface area contributed by atoms with Crippen LogP contribution in [0.3, 0.4) is 0 Å². The Labute approximate surface area is 174 Å². The van der Waals surface area contributed by atoms with E-state index in [2.05, 4.69) is 35.3 Å². The van der Waals surface area contributed by atoms with Gasteiger partial charge in [0, 0.05) is 12.1 Å². The lowest BCUT2D eigenvalue weighted by Gasteiger charge is -2.31. The highest BCUT2D eigenvalue weighted by molar-refractivity contribution is 5.73. The Morgan fingerprint density at radius 1 is 1.07 bits per heavy atom. The number of benzene rings is 2. The van der Waals surface area contributed by atoms with Gasteiger partial charge in [-0.25, -0.2) is 0 Å². The maximum atomic E-state index is 11.7. The van der Waals surface area contributed by atoms with E-state index in [-0.39, 0.29) is 11.9 Å². The van der Waals surface area contributed by atoms with Gasteiger partial charge in [0.05, 0.1) is 19.6 Å². The van der Waals surface area contributed by atoms with E-state index in [0.29, 0.717) is 6.61 Å². The van der Waals surface area contributed by atoms with Crippen molar-refractivity contribution in [2.24, 2.45) is 5.92 Å². The molecule has 1 atom stereocenters. The van der Waals surface area contributed by atoms with Crippen LogP contribution in [0.15, 0.2) is 54.6 Å². The lowest BCUT2D eigenvalue weighted by molar-refractivity contribution is -0.147. The molecule has 29 heavy (non-hydrogen) atoms. The van der Waals surface area contributed by atoms with E-state index in [1.165, 1.54) is 12.7 Å². The smallest absolute Gasteiger partial charge is 0.309 e. The number of nitrogens with zero attached hydrogens (tertiary/aromatic N) is 1. The predicted molar refractivity (Wildman–Crippen MR) is 118 cm³/mol. The summed E-state index contributed by atoms with van der Waals surface area (Å²) in [5.74, 6) is 0.884. The van der Waals surface area contributed by atoms with E-state index in [0.717, 1.165) is 56.6 Å². The van der Waals surface area contributed by atoms with Crippen LogP contribution >= 0.6 is 0 Å². The van der Waals surface area contributed by atoms with Crippen LogP contribution in [0.4, 0.5) is 0 Å². The van der Waals surface area contributed by atoms with Crippen molar-refractivity contribution < 1.29 is 14.3 Å². The zero-order valence-electron chi connectivity index (χ0n) is 17.3. The summed E-state index contributed by atoms with van der Waals surface area (Å²) in [5, 5.41) is 0. The van der Waals surface area contributed by atoms with Crippen LogP contribution < -0.4 is 4.74 Å². The molecule has 0 amide bonds. The lowest BCUT2D eigenvalue weighted by atomic mass is 9.98. The molecule has 1 aliphatic rings. The van der Waals surface area contributed by atoms with Gasteiger partial charge in [0.15, 0.2) is 0 Å². The van der Waals surface area contributed by atoms with Gasteiger partial charge in [-0.3, -0.25) is 4.79 Å². The van der Waals surface area contributed by atoms with E-state index in [1.54, 1.807) is 0 Å². The van der Waals surface area contributed by atoms with Crippen molar-refractivity contribution in [3.63, 3.8) is 0 Å². The molecule has 2 aromatic rings. The average Bonchev–Trinajstić information content (AvgIpc) is 2.78. The highest BCUT2D eigenvalue weighted by Crippen LogP contribution is 2.21. The quantitative estimate of drug-likeness (QED) is 0.345. The molecule has 3 rings (SSSR count). The van der Waals surface area contributed by atoms with Crippen LogP contribution in [0.25, 0.3) is 12.2 Å². The molecule has 0 aromatic heterocycles. The molecule has 1 unspecified atom stereocenters. The topological polar surface area (TPSA) is 38.8 Å². The maximum Gasteiger partial charge on any atom is 0.309 e. The van der Waals surface area contributed by atoms with Crippen LogP contribution in [-0.4, -0.2) is 44.2 Å². The molecule has 1 aliphatic heterocycles. The summed E-state index contributed by atoms with van der Waals surface area (Å²) in [6, 6.07) is 18.4. The molecule has 1 heterocycles. The first-order chi connectivity index (χ1) is 14.3. The molecule has 154 valence electrons. The second-order valence-electron chi connectivity index (χ2n) is 7.50. The predicted octanol–water partition coefficient (Wildman–Crippen LogP) is 4.90. The fourth-order valence-electron chi connectivity index (χ4n) is 3.74. The number of hydrogen-bond acceptors (Lipinski definition) is 4. The summed E-state index contributed by atoms with van der Waals surface area (Å²) in [5.41, 5.74) is 2.27. The van der Waals surface area contributed by atoms with Gasteiger partial charge in [-0.2, -0.15) is 0 Å². The fraction of sp³-hybridized carbons (Fsp3) is 0.400. The number of rotatable bonds is 9. The van der Waals surface area contributed by atoms with Crippen LogP contribution in [-0.2, 0) is 9.53 Å². The molecule has 2 aromatic carbocycles. The van der Waals surface area contributed by atoms with Crippen LogP contribution in [0.1, 0.15) is 36.8 Å². The average molecular weight is 394 g/mol. The number of carbonyl (C=O) groups is 1. The number of methoxy groups -OCH3 is 1. The number of para-hydroxylation sites is 1. The minimum absolute atomic E-state index is 0.0354. The van der Waals surface area contributed by atoms with Gasteiger partial charge in [0.1, 0.15) is 5.75 Å². The van der Waals surface area contributed by atoms with Crippen molar-refractivity contribution in [3.8, 4) is 5.75 Å². The molecule has 0 N–H and O–H groups in total. The Morgan fingerprint density at radius 3 is 2.69 bits per heavy atom. The van der Waals surface area contributed by atoms with Gasteiger partial charge in [-0.15, -0.1) is 0 Å². The van der Waals surface area contributed by atoms with Crippen LogP contribution in [0.2, 0.25) is 0 Å². The number of carbonyl (C=O) groups excluding carboxylic acids is 1. The summed E-state index contributed by atoms with van der Waals surface area (Å²) in [6.45, 7) is 3.60. The Morgan fingerprint density at radius 2 is 1.86 bits per heavy atom. The third kappa shape index (κ3) is 6.75. The Balaban J connectivity index is 1.42. The van der Waals surface area contributed by atoms with Crippen molar-refractivity contribution >= 4 is 18.1 Å². The van der Waals surface area contributed by atoms with Crippen molar-refractivity contribution in [1.82, 2.24) is 4.90 Å². The molecular formula is C25H31NO3. The molecule has 0 bridgehead atoms. The first-order valence-corrected chi connectivity index (χ1v) is 10.5. The molecule has 1 fully saturated rings. The zero-order chi connectivity index (χ0) is 20.3. The summed E-state index contributed by atoms with van der Waals surface area (Å²) >= 11 is 0. The Kier molecular flexibility index (Phi) is 8.32. The molecule has 4 heteroatoms. The third-order valence-electron chi connectivity index (χ3n) is 5.34. The first kappa shape index (κ1) is 21.1. The molecule has 0 spiro atoms. The fourth-order valence-corrected chi connectivity index (χ4v) is 3.74. The maximum absolute atomic E-state index is 11.7. The van der Waals surface area contributed by atoms with Crippen LogP contribution in [0, 0.1) is 5.92 Å². The Bertz CT molecular complexity index is 788. The number of ether oxygens (including phenoxy) is 2. The molecule has 1 saturated heterocycles.